The molecule has 9 atom stereocenters. The van der Waals surface area contributed by atoms with E-state index in [1.54, 1.807) is 19.9 Å². The lowest BCUT2D eigenvalue weighted by molar-refractivity contribution is -0.154. The summed E-state index contributed by atoms with van der Waals surface area (Å²) in [5, 5.41) is 43.6. The second kappa shape index (κ2) is 7.97. The first-order valence-electron chi connectivity index (χ1n) is 12.7. The molecule has 4 aliphatic carbocycles. The number of allylic oxidation sites excluding steroid dienone is 1. The Labute approximate surface area is 197 Å². The Bertz CT molecular complexity index is 857. The number of ketones is 2. The molecule has 0 amide bonds. The van der Waals surface area contributed by atoms with Crippen LogP contribution in [0.4, 0.5) is 0 Å². The van der Waals surface area contributed by atoms with Crippen molar-refractivity contribution in [1.29, 1.82) is 0 Å². The highest BCUT2D eigenvalue weighted by atomic mass is 16.3. The molecule has 0 aromatic rings. The van der Waals surface area contributed by atoms with Gasteiger partial charge in [-0.2, -0.15) is 0 Å². The molecule has 4 rings (SSSR count). The third kappa shape index (κ3) is 3.76. The quantitative estimate of drug-likeness (QED) is 0.499. The maximum Gasteiger partial charge on any atom is 0.162 e. The van der Waals surface area contributed by atoms with E-state index in [-0.39, 0.29) is 42.2 Å². The summed E-state index contributed by atoms with van der Waals surface area (Å²) in [5.41, 5.74) is -2.15. The van der Waals surface area contributed by atoms with Gasteiger partial charge in [-0.1, -0.05) is 20.8 Å². The highest BCUT2D eigenvalue weighted by molar-refractivity contribution is 5.99. The van der Waals surface area contributed by atoms with Crippen LogP contribution in [0.2, 0.25) is 0 Å². The van der Waals surface area contributed by atoms with E-state index in [1.807, 2.05) is 13.8 Å². The van der Waals surface area contributed by atoms with E-state index >= 15 is 0 Å². The van der Waals surface area contributed by atoms with Crippen LogP contribution in [0.25, 0.3) is 0 Å². The van der Waals surface area contributed by atoms with Gasteiger partial charge < -0.3 is 20.4 Å². The summed E-state index contributed by atoms with van der Waals surface area (Å²) in [4.78, 5) is 25.4. The molecule has 0 saturated heterocycles. The maximum absolute atomic E-state index is 13.2. The van der Waals surface area contributed by atoms with Crippen LogP contribution < -0.4 is 0 Å². The second-order valence-corrected chi connectivity index (χ2v) is 12.7. The van der Waals surface area contributed by atoms with E-state index in [9.17, 15) is 30.0 Å². The van der Waals surface area contributed by atoms with Crippen LogP contribution in [-0.4, -0.2) is 55.4 Å². The molecule has 4 N–H and O–H groups in total. The lowest BCUT2D eigenvalue weighted by Gasteiger charge is -2.59. The van der Waals surface area contributed by atoms with E-state index in [4.69, 9.17) is 0 Å². The summed E-state index contributed by atoms with van der Waals surface area (Å²) in [5.74, 6) is -0.745. The third-order valence-corrected chi connectivity index (χ3v) is 10.3. The number of carbonyl (C=O) groups excluding carboxylic acids is 2. The van der Waals surface area contributed by atoms with E-state index in [1.165, 1.54) is 0 Å². The molecule has 0 bridgehead atoms. The molecule has 2 unspecified atom stereocenters. The molecule has 0 aliphatic heterocycles. The van der Waals surface area contributed by atoms with Gasteiger partial charge in [0.1, 0.15) is 6.10 Å². The Morgan fingerprint density at radius 1 is 1.15 bits per heavy atom. The molecule has 0 spiro atoms. The molecule has 6 nitrogen and oxygen atoms in total. The number of rotatable bonds is 5. The minimum absolute atomic E-state index is 0.0322. The van der Waals surface area contributed by atoms with Crippen molar-refractivity contribution in [3.63, 3.8) is 0 Å². The normalized spacial score (nSPS) is 45.1. The second-order valence-electron chi connectivity index (χ2n) is 12.7. The van der Waals surface area contributed by atoms with Crippen molar-refractivity contribution in [1.82, 2.24) is 0 Å². The lowest BCUT2D eigenvalue weighted by atomic mass is 9.46. The standard InChI is InChI=1S/C27H42O6/c1-15(20(28)8-9-24(2,3)32)16-7-11-27(33)18-12-21(29)19-13-22(30)23(31)14-25(19,4)17(18)6-10-26(16,27)5/h12,15-17,19-20,23,28,31-33H,6-11,13-14H2,1-5H3/t15-,16+,17-,19-,20?,23-,25+,26+,27?/m0/s1. The van der Waals surface area contributed by atoms with Crippen molar-refractivity contribution in [2.45, 2.75) is 109 Å². The highest BCUT2D eigenvalue weighted by Gasteiger charge is 2.67. The number of aliphatic hydroxyl groups excluding tert-OH is 2. The van der Waals surface area contributed by atoms with Crippen LogP contribution >= 0.6 is 0 Å². The maximum atomic E-state index is 13.2. The third-order valence-electron chi connectivity index (χ3n) is 10.3. The summed E-state index contributed by atoms with van der Waals surface area (Å²) in [6.45, 7) is 9.67. The van der Waals surface area contributed by atoms with Crippen molar-refractivity contribution in [2.75, 3.05) is 0 Å². The van der Waals surface area contributed by atoms with Gasteiger partial charge in [0, 0.05) is 17.8 Å². The average Bonchev–Trinajstić information content (AvgIpc) is 2.99. The lowest BCUT2D eigenvalue weighted by Crippen LogP contribution is -2.60. The van der Waals surface area contributed by atoms with Gasteiger partial charge in [-0.25, -0.2) is 0 Å². The van der Waals surface area contributed by atoms with Crippen LogP contribution in [0.3, 0.4) is 0 Å². The molecule has 0 radical (unpaired) electrons. The minimum Gasteiger partial charge on any atom is -0.393 e. The number of hydrogen-bond donors (Lipinski definition) is 4. The van der Waals surface area contributed by atoms with Gasteiger partial charge in [0.25, 0.3) is 0 Å². The Morgan fingerprint density at radius 2 is 1.82 bits per heavy atom. The number of carbonyl (C=O) groups is 2. The highest BCUT2D eigenvalue weighted by Crippen LogP contribution is 2.68. The van der Waals surface area contributed by atoms with Crippen molar-refractivity contribution in [3.05, 3.63) is 11.6 Å². The van der Waals surface area contributed by atoms with Gasteiger partial charge >= 0.3 is 0 Å². The first-order chi connectivity index (χ1) is 15.1. The summed E-state index contributed by atoms with van der Waals surface area (Å²) < 4.78 is 0. The van der Waals surface area contributed by atoms with E-state index in [0.29, 0.717) is 19.3 Å². The molecule has 3 fully saturated rings. The molecule has 186 valence electrons. The zero-order chi connectivity index (χ0) is 24.6. The Kier molecular flexibility index (Phi) is 6.05. The monoisotopic (exact) mass is 462 g/mol. The van der Waals surface area contributed by atoms with Crippen LogP contribution in [0.5, 0.6) is 0 Å². The SMILES string of the molecule is C[C@H](C(O)CCC(C)(C)O)[C@H]1CCC2(O)C3=CC(=O)[C@@H]4CC(=O)[C@@H](O)C[C@]4(C)[C@H]3CC[C@]12C. The van der Waals surface area contributed by atoms with Crippen LogP contribution in [0, 0.1) is 34.5 Å². The molecule has 0 heterocycles. The number of fused-ring (bicyclic) bond motifs is 5. The van der Waals surface area contributed by atoms with Gasteiger partial charge in [-0.05, 0) is 93.6 Å². The summed E-state index contributed by atoms with van der Waals surface area (Å²) in [6, 6.07) is 0. The first-order valence-corrected chi connectivity index (χ1v) is 12.7. The fraction of sp³-hybridized carbons (Fsp3) is 0.852. The van der Waals surface area contributed by atoms with Gasteiger partial charge in [0.15, 0.2) is 11.6 Å². The summed E-state index contributed by atoms with van der Waals surface area (Å²) in [7, 11) is 0. The number of Topliss-reactive ketones (excluding diaryl/α,β-unsaturated/α-hetero) is 1. The molecular formula is C27H42O6. The summed E-state index contributed by atoms with van der Waals surface area (Å²) in [6.07, 6.45) is 4.30. The largest absolute Gasteiger partial charge is 0.393 e. The van der Waals surface area contributed by atoms with Crippen LogP contribution in [-0.2, 0) is 9.59 Å². The van der Waals surface area contributed by atoms with Crippen LogP contribution in [0.15, 0.2) is 11.6 Å². The predicted octanol–water partition coefficient (Wildman–Crippen LogP) is 2.95. The van der Waals surface area contributed by atoms with E-state index in [0.717, 1.165) is 24.8 Å². The zero-order valence-corrected chi connectivity index (χ0v) is 20.8. The molecule has 6 heteroatoms. The van der Waals surface area contributed by atoms with Gasteiger partial charge in [0.05, 0.1) is 17.3 Å². The van der Waals surface area contributed by atoms with Crippen molar-refractivity contribution in [3.8, 4) is 0 Å². The molecule has 0 aromatic heterocycles. The minimum atomic E-state index is -1.12. The van der Waals surface area contributed by atoms with Crippen molar-refractivity contribution >= 4 is 11.6 Å². The fourth-order valence-electron chi connectivity index (χ4n) is 8.12. The van der Waals surface area contributed by atoms with E-state index < -0.39 is 40.2 Å². The van der Waals surface area contributed by atoms with Crippen LogP contribution in [0.1, 0.15) is 86.0 Å². The molecule has 33 heavy (non-hydrogen) atoms. The van der Waals surface area contributed by atoms with Gasteiger partial charge in [-0.15, -0.1) is 0 Å². The topological polar surface area (TPSA) is 115 Å². The Balaban J connectivity index is 1.63. The molecule has 3 saturated carbocycles. The molecule has 0 aromatic carbocycles. The van der Waals surface area contributed by atoms with Gasteiger partial charge in [-0.3, -0.25) is 9.59 Å². The summed E-state index contributed by atoms with van der Waals surface area (Å²) >= 11 is 0. The number of hydrogen-bond acceptors (Lipinski definition) is 6. The van der Waals surface area contributed by atoms with Crippen molar-refractivity contribution in [2.24, 2.45) is 34.5 Å². The predicted molar refractivity (Wildman–Crippen MR) is 124 cm³/mol. The van der Waals surface area contributed by atoms with E-state index in [2.05, 4.69) is 6.92 Å². The van der Waals surface area contributed by atoms with Gasteiger partial charge in [0.2, 0.25) is 0 Å². The Hall–Kier alpha value is -1.08. The zero-order valence-electron chi connectivity index (χ0n) is 20.8. The first kappa shape index (κ1) is 25.0. The smallest absolute Gasteiger partial charge is 0.162 e. The van der Waals surface area contributed by atoms with Crippen molar-refractivity contribution < 1.29 is 30.0 Å². The Morgan fingerprint density at radius 3 is 2.45 bits per heavy atom. The molecular weight excluding hydrogens is 420 g/mol. The number of aliphatic hydroxyl groups is 4. The fourth-order valence-corrected chi connectivity index (χ4v) is 8.12. The average molecular weight is 463 g/mol. The molecule has 4 aliphatic rings.